The Morgan fingerprint density at radius 3 is 3.23 bits per heavy atom. The van der Waals surface area contributed by atoms with Crippen molar-refractivity contribution in [3.63, 3.8) is 0 Å². The average molecular weight is 178 g/mol. The molecule has 0 bridgehead atoms. The maximum absolute atomic E-state index is 9.55. The molecule has 0 aliphatic carbocycles. The van der Waals surface area contributed by atoms with Crippen LogP contribution in [0.15, 0.2) is 24.5 Å². The topological polar surface area (TPSA) is 76.4 Å². The van der Waals surface area contributed by atoms with Gasteiger partial charge in [-0.1, -0.05) is 11.3 Å². The highest BCUT2D eigenvalue weighted by atomic mass is 16.3. The third-order valence-electron chi connectivity index (χ3n) is 1.96. The molecule has 0 fully saturated rings. The molecule has 0 spiro atoms. The number of fused-ring (bicyclic) bond motifs is 1. The molecule has 0 saturated heterocycles. The van der Waals surface area contributed by atoms with Gasteiger partial charge in [0.2, 0.25) is 0 Å². The van der Waals surface area contributed by atoms with Crippen LogP contribution in [0.2, 0.25) is 0 Å². The lowest BCUT2D eigenvalue weighted by molar-refractivity contribution is 0.188. The van der Waals surface area contributed by atoms with Crippen molar-refractivity contribution >= 4 is 5.52 Å². The van der Waals surface area contributed by atoms with E-state index in [9.17, 15) is 5.11 Å². The third-order valence-corrected chi connectivity index (χ3v) is 1.96. The lowest BCUT2D eigenvalue weighted by Crippen LogP contribution is -2.12. The van der Waals surface area contributed by atoms with Crippen molar-refractivity contribution in [2.75, 3.05) is 6.54 Å². The van der Waals surface area contributed by atoms with Crippen LogP contribution >= 0.6 is 0 Å². The van der Waals surface area contributed by atoms with E-state index < -0.39 is 6.10 Å². The van der Waals surface area contributed by atoms with Gasteiger partial charge in [-0.2, -0.15) is 0 Å². The number of aliphatic hydroxyl groups excluding tert-OH is 1. The average Bonchev–Trinajstić information content (AvgIpc) is 2.63. The lowest BCUT2D eigenvalue weighted by atomic mass is 10.1. The maximum Gasteiger partial charge on any atom is 0.0933 e. The van der Waals surface area contributed by atoms with E-state index in [1.165, 1.54) is 0 Å². The Morgan fingerprint density at radius 1 is 1.62 bits per heavy atom. The summed E-state index contributed by atoms with van der Waals surface area (Å²) in [6, 6.07) is 3.62. The zero-order valence-electron chi connectivity index (χ0n) is 6.96. The summed E-state index contributed by atoms with van der Waals surface area (Å²) in [7, 11) is 0. The summed E-state index contributed by atoms with van der Waals surface area (Å²) in [6.07, 6.45) is 2.73. The van der Waals surface area contributed by atoms with E-state index in [-0.39, 0.29) is 6.54 Å². The normalized spacial score (nSPS) is 13.4. The number of hydrogen-bond acceptors (Lipinski definition) is 4. The molecular formula is C8H10N4O. The molecule has 0 aromatic carbocycles. The number of hydrogen-bond donors (Lipinski definition) is 2. The molecule has 0 amide bonds. The van der Waals surface area contributed by atoms with Crippen molar-refractivity contribution in [3.05, 3.63) is 30.1 Å². The van der Waals surface area contributed by atoms with Crippen LogP contribution in [0.3, 0.4) is 0 Å². The summed E-state index contributed by atoms with van der Waals surface area (Å²) in [4.78, 5) is 0. The summed E-state index contributed by atoms with van der Waals surface area (Å²) >= 11 is 0. The maximum atomic E-state index is 9.55. The fourth-order valence-electron chi connectivity index (χ4n) is 1.28. The van der Waals surface area contributed by atoms with Crippen molar-refractivity contribution < 1.29 is 5.11 Å². The van der Waals surface area contributed by atoms with Crippen LogP contribution in [0.25, 0.3) is 5.52 Å². The molecule has 2 aromatic heterocycles. The summed E-state index contributed by atoms with van der Waals surface area (Å²) in [6.45, 7) is 0.199. The van der Waals surface area contributed by atoms with Gasteiger partial charge in [0.05, 0.1) is 17.8 Å². The summed E-state index contributed by atoms with van der Waals surface area (Å²) in [5.74, 6) is 0. The Labute approximate surface area is 74.8 Å². The smallest absolute Gasteiger partial charge is 0.0933 e. The van der Waals surface area contributed by atoms with Crippen LogP contribution in [0.1, 0.15) is 11.7 Å². The molecule has 0 saturated carbocycles. The predicted molar refractivity (Wildman–Crippen MR) is 47.0 cm³/mol. The molecule has 0 aliphatic rings. The second kappa shape index (κ2) is 3.12. The summed E-state index contributed by atoms with van der Waals surface area (Å²) in [5, 5.41) is 17.1. The molecule has 3 N–H and O–H groups in total. The van der Waals surface area contributed by atoms with Gasteiger partial charge in [-0.3, -0.25) is 0 Å². The fraction of sp³-hybridized carbons (Fsp3) is 0.250. The monoisotopic (exact) mass is 178 g/mol. The van der Waals surface area contributed by atoms with Crippen molar-refractivity contribution in [2.24, 2.45) is 5.73 Å². The van der Waals surface area contributed by atoms with Crippen LogP contribution in [-0.4, -0.2) is 26.5 Å². The second-order valence-electron chi connectivity index (χ2n) is 2.78. The highest BCUT2D eigenvalue weighted by molar-refractivity contribution is 5.52. The number of aliphatic hydroxyl groups is 1. The largest absolute Gasteiger partial charge is 0.387 e. The second-order valence-corrected chi connectivity index (χ2v) is 2.78. The van der Waals surface area contributed by atoms with Crippen LogP contribution in [-0.2, 0) is 0 Å². The minimum atomic E-state index is -0.651. The van der Waals surface area contributed by atoms with Crippen LogP contribution in [0.5, 0.6) is 0 Å². The minimum absolute atomic E-state index is 0.199. The van der Waals surface area contributed by atoms with E-state index in [0.29, 0.717) is 0 Å². The van der Waals surface area contributed by atoms with Crippen molar-refractivity contribution in [3.8, 4) is 0 Å². The molecule has 13 heavy (non-hydrogen) atoms. The molecular weight excluding hydrogens is 168 g/mol. The van der Waals surface area contributed by atoms with Gasteiger partial charge in [-0.15, -0.1) is 5.10 Å². The molecule has 1 unspecified atom stereocenters. The van der Waals surface area contributed by atoms with E-state index in [1.807, 2.05) is 6.07 Å². The minimum Gasteiger partial charge on any atom is -0.387 e. The summed E-state index contributed by atoms with van der Waals surface area (Å²) < 4.78 is 1.61. The molecule has 2 rings (SSSR count). The van der Waals surface area contributed by atoms with E-state index in [2.05, 4.69) is 10.3 Å². The van der Waals surface area contributed by atoms with Crippen LogP contribution < -0.4 is 5.73 Å². The third kappa shape index (κ3) is 1.28. The lowest BCUT2D eigenvalue weighted by Gasteiger charge is -2.08. The van der Waals surface area contributed by atoms with E-state index >= 15 is 0 Å². The quantitative estimate of drug-likeness (QED) is 0.663. The van der Waals surface area contributed by atoms with E-state index in [0.717, 1.165) is 11.1 Å². The van der Waals surface area contributed by atoms with Crippen LogP contribution in [0, 0.1) is 0 Å². The van der Waals surface area contributed by atoms with Gasteiger partial charge in [0.25, 0.3) is 0 Å². The zero-order chi connectivity index (χ0) is 9.26. The number of nitrogens with two attached hydrogens (primary N) is 1. The van der Waals surface area contributed by atoms with E-state index in [1.54, 1.807) is 23.0 Å². The Kier molecular flexibility index (Phi) is 1.96. The Bertz CT molecular complexity index is 411. The molecule has 68 valence electrons. The molecule has 2 heterocycles. The van der Waals surface area contributed by atoms with Crippen molar-refractivity contribution in [1.82, 2.24) is 14.8 Å². The SMILES string of the molecule is NCC(O)c1cccn2nncc12. The molecule has 1 atom stereocenters. The Morgan fingerprint density at radius 2 is 2.46 bits per heavy atom. The standard InChI is InChI=1S/C8H10N4O/c9-4-8(13)6-2-1-3-12-7(6)5-10-11-12/h1-3,5,8,13H,4,9H2. The number of rotatable bonds is 2. The first kappa shape index (κ1) is 8.15. The van der Waals surface area contributed by atoms with Gasteiger partial charge in [-0.25, -0.2) is 4.52 Å². The van der Waals surface area contributed by atoms with Crippen LogP contribution in [0.4, 0.5) is 0 Å². The van der Waals surface area contributed by atoms with Gasteiger partial charge >= 0.3 is 0 Å². The van der Waals surface area contributed by atoms with Gasteiger partial charge in [-0.05, 0) is 6.07 Å². The predicted octanol–water partition coefficient (Wildman–Crippen LogP) is -0.279. The Balaban J connectivity index is 2.60. The van der Waals surface area contributed by atoms with Gasteiger partial charge < -0.3 is 10.8 Å². The number of nitrogens with zero attached hydrogens (tertiary/aromatic N) is 3. The first-order valence-corrected chi connectivity index (χ1v) is 4.00. The Hall–Kier alpha value is -1.46. The number of aromatic nitrogens is 3. The van der Waals surface area contributed by atoms with Crippen molar-refractivity contribution in [1.29, 1.82) is 0 Å². The zero-order valence-corrected chi connectivity index (χ0v) is 6.96. The number of pyridine rings is 1. The molecule has 0 aliphatic heterocycles. The first-order valence-electron chi connectivity index (χ1n) is 4.00. The molecule has 5 heteroatoms. The molecule has 5 nitrogen and oxygen atoms in total. The van der Waals surface area contributed by atoms with Gasteiger partial charge in [0, 0.05) is 18.3 Å². The van der Waals surface area contributed by atoms with Crippen molar-refractivity contribution in [2.45, 2.75) is 6.10 Å². The van der Waals surface area contributed by atoms with Gasteiger partial charge in [0.15, 0.2) is 0 Å². The highest BCUT2D eigenvalue weighted by Gasteiger charge is 2.09. The first-order chi connectivity index (χ1) is 6.33. The van der Waals surface area contributed by atoms with E-state index in [4.69, 9.17) is 5.73 Å². The highest BCUT2D eigenvalue weighted by Crippen LogP contribution is 2.16. The fourth-order valence-corrected chi connectivity index (χ4v) is 1.28. The molecule has 0 radical (unpaired) electrons. The summed E-state index contributed by atoms with van der Waals surface area (Å²) in [5.41, 5.74) is 6.92. The molecule has 2 aromatic rings. The van der Waals surface area contributed by atoms with Gasteiger partial charge in [0.1, 0.15) is 0 Å².